The second kappa shape index (κ2) is 8.99. The number of rotatable bonds is 6. The highest BCUT2D eigenvalue weighted by molar-refractivity contribution is 5.91. The summed E-state index contributed by atoms with van der Waals surface area (Å²) < 4.78 is 10.3. The van der Waals surface area contributed by atoms with Gasteiger partial charge in [0.25, 0.3) is 0 Å². The molecule has 1 aromatic carbocycles. The molecule has 1 fully saturated rings. The van der Waals surface area contributed by atoms with Crippen molar-refractivity contribution in [1.82, 2.24) is 9.97 Å². The summed E-state index contributed by atoms with van der Waals surface area (Å²) in [4.78, 5) is 26.1. The molecule has 0 amide bonds. The summed E-state index contributed by atoms with van der Waals surface area (Å²) in [5.74, 6) is 1.63. The Hall–Kier alpha value is -3.03. The summed E-state index contributed by atoms with van der Waals surface area (Å²) in [5, 5.41) is 3.27. The Balaban J connectivity index is 0.00000289. The van der Waals surface area contributed by atoms with Gasteiger partial charge in [0.05, 0.1) is 37.4 Å². The van der Waals surface area contributed by atoms with Crippen molar-refractivity contribution in [1.29, 1.82) is 0 Å². The van der Waals surface area contributed by atoms with Gasteiger partial charge in [0.15, 0.2) is 5.82 Å². The van der Waals surface area contributed by atoms with Gasteiger partial charge in [-0.15, -0.1) is 0 Å². The highest BCUT2D eigenvalue weighted by atomic mass is 16.5. The number of anilines is 4. The van der Waals surface area contributed by atoms with E-state index in [4.69, 9.17) is 14.5 Å². The molecule has 8 heteroatoms. The van der Waals surface area contributed by atoms with Gasteiger partial charge in [-0.1, -0.05) is 19.8 Å². The minimum atomic E-state index is -0.407. The molecule has 0 saturated heterocycles. The average Bonchev–Trinajstić information content (AvgIpc) is 3.32. The molecular weight excluding hydrogens is 394 g/mol. The van der Waals surface area contributed by atoms with Gasteiger partial charge in [-0.2, -0.15) is 4.98 Å². The van der Waals surface area contributed by atoms with Gasteiger partial charge in [0.1, 0.15) is 5.75 Å². The fourth-order valence-corrected chi connectivity index (χ4v) is 4.70. The number of fused-ring (bicyclic) bond motifs is 1. The molecule has 8 nitrogen and oxygen atoms in total. The van der Waals surface area contributed by atoms with Crippen molar-refractivity contribution in [2.24, 2.45) is 0 Å². The first-order valence-electron chi connectivity index (χ1n) is 11.0. The number of nitrogens with zero attached hydrogens (tertiary/aromatic N) is 4. The number of esters is 1. The lowest BCUT2D eigenvalue weighted by Crippen LogP contribution is -2.52. The molecule has 168 valence electrons. The molecule has 1 aliphatic heterocycles. The van der Waals surface area contributed by atoms with Crippen LogP contribution < -0.4 is 19.9 Å². The fraction of sp³-hybridized carbons (Fsp3) is 0.522. The van der Waals surface area contributed by atoms with Crippen LogP contribution in [0.5, 0.6) is 5.75 Å². The Morgan fingerprint density at radius 1 is 1.29 bits per heavy atom. The van der Waals surface area contributed by atoms with Crippen molar-refractivity contribution in [3.8, 4) is 5.75 Å². The Morgan fingerprint density at radius 2 is 2.06 bits per heavy atom. The summed E-state index contributed by atoms with van der Waals surface area (Å²) in [6.45, 7) is 3.23. The van der Waals surface area contributed by atoms with E-state index in [0.29, 0.717) is 35.0 Å². The summed E-state index contributed by atoms with van der Waals surface area (Å²) in [5.41, 5.74) is 2.19. The summed E-state index contributed by atoms with van der Waals surface area (Å²) in [7, 11) is 5.04. The molecule has 0 unspecified atom stereocenters. The van der Waals surface area contributed by atoms with Gasteiger partial charge in [0.2, 0.25) is 5.95 Å². The van der Waals surface area contributed by atoms with Crippen LogP contribution in [-0.4, -0.2) is 55.8 Å². The molecular formula is C23H33N5O3. The third-order valence-electron chi connectivity index (χ3n) is 6.34. The molecule has 2 heterocycles. The molecule has 31 heavy (non-hydrogen) atoms. The van der Waals surface area contributed by atoms with Crippen LogP contribution in [-0.2, 0) is 4.74 Å². The number of aromatic nitrogens is 2. The molecule has 2 aliphatic rings. The Labute approximate surface area is 185 Å². The highest BCUT2D eigenvalue weighted by Crippen LogP contribution is 2.39. The van der Waals surface area contributed by atoms with Gasteiger partial charge in [-0.05, 0) is 37.5 Å². The number of hydrogen-bond donors (Lipinski definition) is 1. The molecule has 4 rings (SSSR count). The van der Waals surface area contributed by atoms with Gasteiger partial charge >= 0.3 is 5.97 Å². The zero-order valence-electron chi connectivity index (χ0n) is 18.7. The fourth-order valence-electron chi connectivity index (χ4n) is 4.70. The van der Waals surface area contributed by atoms with Gasteiger partial charge in [0, 0.05) is 27.1 Å². The molecule has 1 aliphatic carbocycles. The van der Waals surface area contributed by atoms with Crippen LogP contribution in [0.2, 0.25) is 0 Å². The maximum atomic E-state index is 11.8. The Bertz CT molecular complexity index is 951. The van der Waals surface area contributed by atoms with Crippen LogP contribution in [0, 0.1) is 0 Å². The average molecular weight is 428 g/mol. The van der Waals surface area contributed by atoms with Crippen molar-refractivity contribution < 1.29 is 15.7 Å². The van der Waals surface area contributed by atoms with E-state index in [1.165, 1.54) is 32.8 Å². The molecule has 1 atom stereocenters. The third kappa shape index (κ3) is 4.11. The Morgan fingerprint density at radius 3 is 2.74 bits per heavy atom. The molecule has 0 bridgehead atoms. The van der Waals surface area contributed by atoms with E-state index in [0.717, 1.165) is 24.5 Å². The number of ether oxygens (including phenoxy) is 2. The van der Waals surface area contributed by atoms with Crippen molar-refractivity contribution in [2.75, 3.05) is 42.9 Å². The largest absolute Gasteiger partial charge is 0.495 e. The normalized spacial score (nSPS) is 18.6. The van der Waals surface area contributed by atoms with E-state index in [-0.39, 0.29) is 1.43 Å². The standard InChI is InChI=1S/C23H31N5O3.H2/c1-5-16-14-27(2)19-13-24-23(26-21(19)28(16)17-8-6-7-9-17)25-18-11-10-15(22(29)31-4)12-20(18)30-3;/h10-13,16-17H,5-9,14H2,1-4H3,(H,24,25,26);1H/t16-;/m1./s1. The van der Waals surface area contributed by atoms with Crippen LogP contribution in [0.15, 0.2) is 24.4 Å². The smallest absolute Gasteiger partial charge is 0.337 e. The van der Waals surface area contributed by atoms with E-state index >= 15 is 0 Å². The molecule has 1 N–H and O–H groups in total. The van der Waals surface area contributed by atoms with Crippen LogP contribution in [0.4, 0.5) is 23.1 Å². The topological polar surface area (TPSA) is 79.8 Å². The zero-order valence-corrected chi connectivity index (χ0v) is 18.7. The quantitative estimate of drug-likeness (QED) is 0.686. The SMILES string of the molecule is CC[C@@H]1CN(C)c2cnc(Nc3ccc(C(=O)OC)cc3OC)nc2N1C1CCCC1.[HH]. The predicted molar refractivity (Wildman–Crippen MR) is 124 cm³/mol. The van der Waals surface area contributed by atoms with Crippen LogP contribution in [0.1, 0.15) is 50.8 Å². The van der Waals surface area contributed by atoms with Crippen LogP contribution >= 0.6 is 0 Å². The van der Waals surface area contributed by atoms with E-state index < -0.39 is 5.97 Å². The van der Waals surface area contributed by atoms with Gasteiger partial charge < -0.3 is 24.6 Å². The second-order valence-corrected chi connectivity index (χ2v) is 8.22. The van der Waals surface area contributed by atoms with Crippen molar-refractivity contribution in [3.63, 3.8) is 0 Å². The lowest BCUT2D eigenvalue weighted by molar-refractivity contribution is 0.0600. The second-order valence-electron chi connectivity index (χ2n) is 8.22. The number of methoxy groups -OCH3 is 2. The molecule has 1 aromatic heterocycles. The van der Waals surface area contributed by atoms with Gasteiger partial charge in [-0.3, -0.25) is 0 Å². The van der Waals surface area contributed by atoms with Gasteiger partial charge in [-0.25, -0.2) is 9.78 Å². The maximum Gasteiger partial charge on any atom is 0.337 e. The lowest BCUT2D eigenvalue weighted by atomic mass is 10.0. The minimum Gasteiger partial charge on any atom is -0.495 e. The van der Waals surface area contributed by atoms with Crippen molar-refractivity contribution in [3.05, 3.63) is 30.0 Å². The zero-order chi connectivity index (χ0) is 22.0. The highest BCUT2D eigenvalue weighted by Gasteiger charge is 2.36. The number of carbonyl (C=O) groups excluding carboxylic acids is 1. The van der Waals surface area contributed by atoms with Crippen LogP contribution in [0.25, 0.3) is 0 Å². The van der Waals surface area contributed by atoms with E-state index in [1.54, 1.807) is 25.3 Å². The number of hydrogen-bond acceptors (Lipinski definition) is 8. The summed E-state index contributed by atoms with van der Waals surface area (Å²) in [6, 6.07) is 6.11. The molecule has 2 aromatic rings. The van der Waals surface area contributed by atoms with Crippen LogP contribution in [0.3, 0.4) is 0 Å². The first-order chi connectivity index (χ1) is 15.0. The van der Waals surface area contributed by atoms with Crippen molar-refractivity contribution in [2.45, 2.75) is 51.1 Å². The lowest BCUT2D eigenvalue weighted by Gasteiger charge is -2.45. The minimum absolute atomic E-state index is 0. The first kappa shape index (κ1) is 21.2. The monoisotopic (exact) mass is 427 g/mol. The molecule has 1 saturated carbocycles. The number of nitrogens with one attached hydrogen (secondary N) is 1. The van der Waals surface area contributed by atoms with E-state index in [9.17, 15) is 4.79 Å². The maximum absolute atomic E-state index is 11.8. The number of carbonyl (C=O) groups is 1. The molecule has 0 radical (unpaired) electrons. The third-order valence-corrected chi connectivity index (χ3v) is 6.34. The summed E-state index contributed by atoms with van der Waals surface area (Å²) in [6.07, 6.45) is 7.97. The summed E-state index contributed by atoms with van der Waals surface area (Å²) >= 11 is 0. The van der Waals surface area contributed by atoms with E-state index in [1.807, 2.05) is 6.20 Å². The van der Waals surface area contributed by atoms with E-state index in [2.05, 4.69) is 34.1 Å². The number of likely N-dealkylation sites (N-methyl/N-ethyl adjacent to an activating group) is 1. The first-order valence-corrected chi connectivity index (χ1v) is 11.0. The molecule has 0 spiro atoms. The number of benzene rings is 1. The van der Waals surface area contributed by atoms with Crippen molar-refractivity contribution >= 4 is 29.1 Å². The predicted octanol–water partition coefficient (Wildman–Crippen LogP) is 4.24. The Kier molecular flexibility index (Phi) is 6.15.